The zero-order valence-corrected chi connectivity index (χ0v) is 22.7. The van der Waals surface area contributed by atoms with Crippen molar-refractivity contribution in [2.45, 2.75) is 31.1 Å². The predicted octanol–water partition coefficient (Wildman–Crippen LogP) is 6.82. The average molecular weight is 569 g/mol. The van der Waals surface area contributed by atoms with E-state index in [2.05, 4.69) is 80.3 Å². The molecule has 1 saturated heterocycles. The molecule has 0 amide bonds. The number of benzene rings is 1. The molecule has 2 atom stereocenters. The lowest BCUT2D eigenvalue weighted by atomic mass is 9.93. The van der Waals surface area contributed by atoms with Crippen molar-refractivity contribution in [3.05, 3.63) is 80.8 Å². The molecule has 0 spiro atoms. The number of hydrogen-bond acceptors (Lipinski definition) is 5. The average Bonchev–Trinajstić information content (AvgIpc) is 3.40. The van der Waals surface area contributed by atoms with Crippen molar-refractivity contribution in [1.29, 1.82) is 0 Å². The molecule has 1 aliphatic carbocycles. The molecule has 1 fully saturated rings. The monoisotopic (exact) mass is 567 g/mol. The minimum absolute atomic E-state index is 0.388. The third-order valence-electron chi connectivity index (χ3n) is 7.19. The van der Waals surface area contributed by atoms with E-state index in [0.717, 1.165) is 59.7 Å². The van der Waals surface area contributed by atoms with Crippen molar-refractivity contribution in [3.63, 3.8) is 0 Å². The van der Waals surface area contributed by atoms with Crippen molar-refractivity contribution >= 4 is 50.8 Å². The van der Waals surface area contributed by atoms with Gasteiger partial charge in [0.05, 0.1) is 16.4 Å². The highest BCUT2D eigenvalue weighted by Crippen LogP contribution is 2.45. The molecule has 3 aromatic rings. The molecule has 5 nitrogen and oxygen atoms in total. The standard InChI is InChI=1S/C27H27BrClN5S/c1-17-19-6-3-5-9-24(19)35-25(17)16-33-12-10-18(11-13-33)31-26-14-23(20-7-2-4-8-22(20)29)32-27-21(28)15-30-34(26)27/h2-9,14-15,18-19,24,31H,10-13,16H2,1H3. The molecule has 1 aromatic carbocycles. The fourth-order valence-electron chi connectivity index (χ4n) is 5.19. The Kier molecular flexibility index (Phi) is 6.52. The lowest BCUT2D eigenvalue weighted by Gasteiger charge is -2.33. The third kappa shape index (κ3) is 4.59. The highest BCUT2D eigenvalue weighted by atomic mass is 79.9. The van der Waals surface area contributed by atoms with Crippen LogP contribution in [-0.4, -0.2) is 50.4 Å². The second kappa shape index (κ2) is 9.77. The topological polar surface area (TPSA) is 45.5 Å². The van der Waals surface area contributed by atoms with Crippen LogP contribution < -0.4 is 5.32 Å². The van der Waals surface area contributed by atoms with Crippen LogP contribution in [-0.2, 0) is 0 Å². The highest BCUT2D eigenvalue weighted by Gasteiger charge is 2.32. The van der Waals surface area contributed by atoms with Crippen LogP contribution >= 0.6 is 39.3 Å². The number of nitrogens with zero attached hydrogens (tertiary/aromatic N) is 4. The van der Waals surface area contributed by atoms with Crippen molar-refractivity contribution < 1.29 is 0 Å². The Balaban J connectivity index is 1.16. The normalized spacial score (nSPS) is 22.8. The number of fused-ring (bicyclic) bond motifs is 2. The minimum Gasteiger partial charge on any atom is -0.367 e. The van der Waals surface area contributed by atoms with Crippen LogP contribution in [0.3, 0.4) is 0 Å². The number of nitrogens with one attached hydrogen (secondary N) is 1. The molecule has 8 heteroatoms. The quantitative estimate of drug-likeness (QED) is 0.366. The Labute approximate surface area is 223 Å². The van der Waals surface area contributed by atoms with Gasteiger partial charge in [-0.15, -0.1) is 11.8 Å². The molecule has 4 heterocycles. The van der Waals surface area contributed by atoms with E-state index in [-0.39, 0.29) is 0 Å². The predicted molar refractivity (Wildman–Crippen MR) is 150 cm³/mol. The Hall–Kier alpha value is -2.06. The van der Waals surface area contributed by atoms with Crippen LogP contribution in [0, 0.1) is 5.92 Å². The number of piperidine rings is 1. The summed E-state index contributed by atoms with van der Waals surface area (Å²) in [7, 11) is 0. The number of rotatable bonds is 5. The molecule has 0 radical (unpaired) electrons. The SMILES string of the molecule is CC1=C(CN2CCC(Nc3cc(-c4ccccc4Cl)nc4c(Br)cnn34)CC2)SC2C=CC=CC12. The van der Waals surface area contributed by atoms with E-state index in [9.17, 15) is 0 Å². The lowest BCUT2D eigenvalue weighted by molar-refractivity contribution is 0.238. The number of likely N-dealkylation sites (tertiary alicyclic amines) is 1. The number of aromatic nitrogens is 3. The molecule has 3 aliphatic rings. The van der Waals surface area contributed by atoms with Gasteiger partial charge in [0.15, 0.2) is 5.65 Å². The molecule has 2 aliphatic heterocycles. The van der Waals surface area contributed by atoms with Gasteiger partial charge in [-0.05, 0) is 46.7 Å². The first kappa shape index (κ1) is 23.3. The van der Waals surface area contributed by atoms with Gasteiger partial charge in [0, 0.05) is 53.5 Å². The Morgan fingerprint density at radius 1 is 1.17 bits per heavy atom. The van der Waals surface area contributed by atoms with E-state index in [4.69, 9.17) is 16.6 Å². The molecule has 0 bridgehead atoms. The van der Waals surface area contributed by atoms with E-state index in [0.29, 0.717) is 22.2 Å². The number of anilines is 1. The Morgan fingerprint density at radius 2 is 1.97 bits per heavy atom. The molecular formula is C27H27BrClN5S. The molecular weight excluding hydrogens is 542 g/mol. The maximum atomic E-state index is 6.49. The van der Waals surface area contributed by atoms with Crippen LogP contribution in [0.1, 0.15) is 19.8 Å². The summed E-state index contributed by atoms with van der Waals surface area (Å²) in [4.78, 5) is 9.00. The van der Waals surface area contributed by atoms with Gasteiger partial charge in [-0.3, -0.25) is 4.90 Å². The highest BCUT2D eigenvalue weighted by molar-refractivity contribution is 9.10. The molecule has 6 rings (SSSR count). The van der Waals surface area contributed by atoms with Crippen LogP contribution in [0.5, 0.6) is 0 Å². The largest absolute Gasteiger partial charge is 0.367 e. The summed E-state index contributed by atoms with van der Waals surface area (Å²) in [6.45, 7) is 5.56. The van der Waals surface area contributed by atoms with Gasteiger partial charge in [-0.1, -0.05) is 59.7 Å². The van der Waals surface area contributed by atoms with Crippen molar-refractivity contribution in [2.24, 2.45) is 5.92 Å². The molecule has 1 N–H and O–H groups in total. The number of allylic oxidation sites excluding steroid dienone is 4. The van der Waals surface area contributed by atoms with E-state index in [1.165, 1.54) is 0 Å². The first-order valence-electron chi connectivity index (χ1n) is 12.1. The third-order valence-corrected chi connectivity index (χ3v) is 9.53. The first-order chi connectivity index (χ1) is 17.1. The van der Waals surface area contributed by atoms with Crippen molar-refractivity contribution in [1.82, 2.24) is 19.5 Å². The van der Waals surface area contributed by atoms with Gasteiger partial charge >= 0.3 is 0 Å². The van der Waals surface area contributed by atoms with Gasteiger partial charge in [-0.2, -0.15) is 9.61 Å². The summed E-state index contributed by atoms with van der Waals surface area (Å²) < 4.78 is 2.75. The number of halogens is 2. The smallest absolute Gasteiger partial charge is 0.172 e. The number of hydrogen-bond donors (Lipinski definition) is 1. The van der Waals surface area contributed by atoms with Gasteiger partial charge < -0.3 is 5.32 Å². The molecule has 2 unspecified atom stereocenters. The van der Waals surface area contributed by atoms with Crippen LogP contribution in [0.25, 0.3) is 16.9 Å². The maximum absolute atomic E-state index is 6.49. The number of thioether (sulfide) groups is 1. The van der Waals surface area contributed by atoms with E-state index in [1.807, 2.05) is 28.8 Å². The molecule has 180 valence electrons. The van der Waals surface area contributed by atoms with E-state index < -0.39 is 0 Å². The fraction of sp³-hybridized carbons (Fsp3) is 0.333. The summed E-state index contributed by atoms with van der Waals surface area (Å²) in [6, 6.07) is 10.3. The molecule has 0 saturated carbocycles. The summed E-state index contributed by atoms with van der Waals surface area (Å²) >= 11 is 12.1. The summed E-state index contributed by atoms with van der Waals surface area (Å²) in [5, 5.41) is 9.60. The van der Waals surface area contributed by atoms with Gasteiger partial charge in [-0.25, -0.2) is 4.98 Å². The van der Waals surface area contributed by atoms with Gasteiger partial charge in [0.1, 0.15) is 5.82 Å². The van der Waals surface area contributed by atoms with Gasteiger partial charge in [0.2, 0.25) is 0 Å². The summed E-state index contributed by atoms with van der Waals surface area (Å²) in [5.41, 5.74) is 4.10. The van der Waals surface area contributed by atoms with E-state index >= 15 is 0 Å². The molecule has 2 aromatic heterocycles. The van der Waals surface area contributed by atoms with Crippen molar-refractivity contribution in [2.75, 3.05) is 25.0 Å². The molecule has 35 heavy (non-hydrogen) atoms. The Morgan fingerprint density at radius 3 is 2.77 bits per heavy atom. The second-order valence-corrected chi connectivity index (χ2v) is 11.9. The van der Waals surface area contributed by atoms with Crippen LogP contribution in [0.4, 0.5) is 5.82 Å². The maximum Gasteiger partial charge on any atom is 0.172 e. The Bertz CT molecular complexity index is 1350. The minimum atomic E-state index is 0.388. The second-order valence-electron chi connectivity index (χ2n) is 9.41. The fourth-order valence-corrected chi connectivity index (χ4v) is 7.29. The van der Waals surface area contributed by atoms with Crippen LogP contribution in [0.15, 0.2) is 75.8 Å². The zero-order valence-electron chi connectivity index (χ0n) is 19.5. The van der Waals surface area contributed by atoms with Gasteiger partial charge in [0.25, 0.3) is 0 Å². The summed E-state index contributed by atoms with van der Waals surface area (Å²) in [5.74, 6) is 1.52. The summed E-state index contributed by atoms with van der Waals surface area (Å²) in [6.07, 6.45) is 13.1. The lowest BCUT2D eigenvalue weighted by Crippen LogP contribution is -2.40. The zero-order chi connectivity index (χ0) is 23.9. The van der Waals surface area contributed by atoms with E-state index in [1.54, 1.807) is 16.7 Å². The first-order valence-corrected chi connectivity index (χ1v) is 14.1. The van der Waals surface area contributed by atoms with Crippen molar-refractivity contribution in [3.8, 4) is 11.3 Å². The van der Waals surface area contributed by atoms with Crippen LogP contribution in [0.2, 0.25) is 5.02 Å².